The first-order valence-electron chi connectivity index (χ1n) is 4.99. The maximum atomic E-state index is 11.0. The molecule has 0 aromatic carbocycles. The van der Waals surface area contributed by atoms with Crippen molar-refractivity contribution in [3.63, 3.8) is 0 Å². The predicted molar refractivity (Wildman–Crippen MR) is 59.3 cm³/mol. The summed E-state index contributed by atoms with van der Waals surface area (Å²) < 4.78 is 0. The second-order valence-corrected chi connectivity index (χ2v) is 4.59. The zero-order valence-electron chi connectivity index (χ0n) is 9.98. The molecule has 14 heavy (non-hydrogen) atoms. The third-order valence-electron chi connectivity index (χ3n) is 1.84. The summed E-state index contributed by atoms with van der Waals surface area (Å²) in [4.78, 5) is 13.0. The Balaban J connectivity index is 3.54. The quantitative estimate of drug-likeness (QED) is 0.661. The molecule has 0 heterocycles. The van der Waals surface area contributed by atoms with E-state index in [9.17, 15) is 4.79 Å². The van der Waals surface area contributed by atoms with Crippen molar-refractivity contribution in [1.82, 2.24) is 15.5 Å². The molecule has 4 nitrogen and oxygen atoms in total. The Morgan fingerprint density at radius 1 is 1.36 bits per heavy atom. The minimum Gasteiger partial charge on any atom is -0.358 e. The van der Waals surface area contributed by atoms with Gasteiger partial charge in [0.15, 0.2) is 0 Å². The monoisotopic (exact) mass is 201 g/mol. The second kappa shape index (κ2) is 5.98. The first-order chi connectivity index (χ1) is 6.35. The molecule has 0 aliphatic rings. The average molecular weight is 201 g/mol. The lowest BCUT2D eigenvalue weighted by atomic mass is 10.1. The van der Waals surface area contributed by atoms with Gasteiger partial charge in [0, 0.05) is 25.7 Å². The first kappa shape index (κ1) is 13.4. The van der Waals surface area contributed by atoms with Crippen LogP contribution in [0, 0.1) is 0 Å². The van der Waals surface area contributed by atoms with Gasteiger partial charge in [0.05, 0.1) is 6.54 Å². The van der Waals surface area contributed by atoms with Crippen LogP contribution in [0.4, 0.5) is 0 Å². The molecule has 0 aliphatic heterocycles. The molecule has 0 fully saturated rings. The van der Waals surface area contributed by atoms with Gasteiger partial charge < -0.3 is 10.6 Å². The molecule has 0 rings (SSSR count). The van der Waals surface area contributed by atoms with E-state index in [2.05, 4.69) is 31.4 Å². The van der Waals surface area contributed by atoms with E-state index in [1.165, 1.54) is 0 Å². The zero-order chi connectivity index (χ0) is 11.2. The van der Waals surface area contributed by atoms with Gasteiger partial charge in [-0.2, -0.15) is 0 Å². The van der Waals surface area contributed by atoms with Crippen molar-refractivity contribution in [2.75, 3.05) is 33.7 Å². The maximum Gasteiger partial charge on any atom is 0.233 e. The van der Waals surface area contributed by atoms with Crippen LogP contribution < -0.4 is 10.6 Å². The van der Waals surface area contributed by atoms with Gasteiger partial charge in [-0.3, -0.25) is 9.69 Å². The van der Waals surface area contributed by atoms with Gasteiger partial charge in [-0.1, -0.05) is 0 Å². The Labute approximate surface area is 87.0 Å². The normalized spacial score (nSPS) is 11.9. The molecule has 0 aromatic heterocycles. The number of likely N-dealkylation sites (N-methyl/N-ethyl adjacent to an activating group) is 2. The summed E-state index contributed by atoms with van der Waals surface area (Å²) in [6.07, 6.45) is 0. The Bertz CT molecular complexity index is 175. The predicted octanol–water partition coefficient (Wildman–Crippen LogP) is 0.0523. The fraction of sp³-hybridized carbons (Fsp3) is 0.900. The molecular weight excluding hydrogens is 178 g/mol. The summed E-state index contributed by atoms with van der Waals surface area (Å²) in [6, 6.07) is 0. The van der Waals surface area contributed by atoms with Gasteiger partial charge in [-0.15, -0.1) is 0 Å². The lowest BCUT2D eigenvalue weighted by molar-refractivity contribution is -0.121. The van der Waals surface area contributed by atoms with Crippen molar-refractivity contribution in [2.24, 2.45) is 0 Å². The van der Waals surface area contributed by atoms with Gasteiger partial charge >= 0.3 is 0 Å². The van der Waals surface area contributed by atoms with Gasteiger partial charge in [-0.05, 0) is 27.8 Å². The molecule has 0 aliphatic carbocycles. The highest BCUT2D eigenvalue weighted by molar-refractivity contribution is 5.77. The van der Waals surface area contributed by atoms with E-state index in [4.69, 9.17) is 0 Å². The van der Waals surface area contributed by atoms with Crippen molar-refractivity contribution in [2.45, 2.75) is 26.3 Å². The topological polar surface area (TPSA) is 44.4 Å². The third-order valence-corrected chi connectivity index (χ3v) is 1.84. The summed E-state index contributed by atoms with van der Waals surface area (Å²) in [6.45, 7) is 8.63. The molecule has 84 valence electrons. The number of amides is 1. The summed E-state index contributed by atoms with van der Waals surface area (Å²) in [7, 11) is 3.60. The highest BCUT2D eigenvalue weighted by Crippen LogP contribution is 1.96. The van der Waals surface area contributed by atoms with E-state index in [1.54, 1.807) is 7.05 Å². The lowest BCUT2D eigenvalue weighted by Gasteiger charge is -2.23. The molecule has 0 bridgehead atoms. The van der Waals surface area contributed by atoms with E-state index in [0.29, 0.717) is 6.54 Å². The largest absolute Gasteiger partial charge is 0.358 e. The lowest BCUT2D eigenvalue weighted by Crippen LogP contribution is -2.42. The van der Waals surface area contributed by atoms with Crippen LogP contribution in [0.1, 0.15) is 20.8 Å². The number of nitrogens with zero attached hydrogens (tertiary/aromatic N) is 1. The molecular formula is C10H23N3O. The van der Waals surface area contributed by atoms with Crippen LogP contribution in [-0.2, 0) is 4.79 Å². The van der Waals surface area contributed by atoms with Crippen molar-refractivity contribution in [1.29, 1.82) is 0 Å². The summed E-state index contributed by atoms with van der Waals surface area (Å²) in [5.41, 5.74) is 0.147. The van der Waals surface area contributed by atoms with Crippen molar-refractivity contribution in [3.05, 3.63) is 0 Å². The Kier molecular flexibility index (Phi) is 5.72. The Hall–Kier alpha value is -0.610. The van der Waals surface area contributed by atoms with Crippen molar-refractivity contribution >= 4 is 5.91 Å². The van der Waals surface area contributed by atoms with Gasteiger partial charge in [0.1, 0.15) is 0 Å². The molecule has 0 atom stereocenters. The number of carbonyl (C=O) groups is 1. The summed E-state index contributed by atoms with van der Waals surface area (Å²) in [5, 5.41) is 5.97. The molecule has 0 radical (unpaired) electrons. The van der Waals surface area contributed by atoms with Gasteiger partial charge in [-0.25, -0.2) is 0 Å². The maximum absolute atomic E-state index is 11.0. The number of hydrogen-bond donors (Lipinski definition) is 2. The number of hydrogen-bond acceptors (Lipinski definition) is 3. The Morgan fingerprint density at radius 2 is 1.93 bits per heavy atom. The van der Waals surface area contributed by atoms with Crippen molar-refractivity contribution < 1.29 is 4.79 Å². The van der Waals surface area contributed by atoms with E-state index < -0.39 is 0 Å². The smallest absolute Gasteiger partial charge is 0.233 e. The van der Waals surface area contributed by atoms with Crippen LogP contribution in [-0.4, -0.2) is 50.1 Å². The van der Waals surface area contributed by atoms with Crippen LogP contribution >= 0.6 is 0 Å². The Morgan fingerprint density at radius 3 is 2.36 bits per heavy atom. The van der Waals surface area contributed by atoms with E-state index in [-0.39, 0.29) is 11.4 Å². The van der Waals surface area contributed by atoms with Gasteiger partial charge in [0.25, 0.3) is 0 Å². The highest BCUT2D eigenvalue weighted by Gasteiger charge is 2.09. The molecule has 0 spiro atoms. The number of nitrogens with one attached hydrogen (secondary N) is 2. The number of rotatable bonds is 5. The number of carbonyl (C=O) groups excluding carboxylic acids is 1. The van der Waals surface area contributed by atoms with E-state index >= 15 is 0 Å². The third kappa shape index (κ3) is 8.01. The fourth-order valence-electron chi connectivity index (χ4n) is 1.03. The molecule has 4 heteroatoms. The van der Waals surface area contributed by atoms with Gasteiger partial charge in [0.2, 0.25) is 5.91 Å². The van der Waals surface area contributed by atoms with Crippen LogP contribution in [0.2, 0.25) is 0 Å². The van der Waals surface area contributed by atoms with Crippen LogP contribution in [0.25, 0.3) is 0 Å². The molecule has 0 unspecified atom stereocenters. The highest BCUT2D eigenvalue weighted by atomic mass is 16.1. The molecule has 0 saturated carbocycles. The minimum absolute atomic E-state index is 0.0586. The minimum atomic E-state index is 0.0586. The van der Waals surface area contributed by atoms with E-state index in [1.807, 2.05) is 11.9 Å². The standard InChI is InChI=1S/C10H23N3O/c1-10(2,3)12-6-7-13(5)8-9(14)11-4/h12H,6-8H2,1-5H3,(H,11,14). The zero-order valence-corrected chi connectivity index (χ0v) is 9.98. The summed E-state index contributed by atoms with van der Waals surface area (Å²) >= 11 is 0. The fourth-order valence-corrected chi connectivity index (χ4v) is 1.03. The molecule has 0 aromatic rings. The first-order valence-corrected chi connectivity index (χ1v) is 4.99. The SMILES string of the molecule is CNC(=O)CN(C)CCNC(C)(C)C. The molecule has 2 N–H and O–H groups in total. The van der Waals surface area contributed by atoms with Crippen LogP contribution in [0.15, 0.2) is 0 Å². The van der Waals surface area contributed by atoms with Crippen LogP contribution in [0.5, 0.6) is 0 Å². The molecule has 0 saturated heterocycles. The van der Waals surface area contributed by atoms with Crippen molar-refractivity contribution in [3.8, 4) is 0 Å². The van der Waals surface area contributed by atoms with E-state index in [0.717, 1.165) is 13.1 Å². The average Bonchev–Trinajstić information content (AvgIpc) is 2.01. The molecule has 1 amide bonds. The second-order valence-electron chi connectivity index (χ2n) is 4.59. The summed E-state index contributed by atoms with van der Waals surface area (Å²) in [5.74, 6) is 0.0586. The van der Waals surface area contributed by atoms with Crippen LogP contribution in [0.3, 0.4) is 0 Å².